The van der Waals surface area contributed by atoms with Gasteiger partial charge < -0.3 is 15.1 Å². The summed E-state index contributed by atoms with van der Waals surface area (Å²) in [5, 5.41) is 5.37. The molecule has 2 heterocycles. The number of para-hydroxylation sites is 1. The number of carbonyl (C=O) groups excluding carboxylic acids is 4. The molecule has 9 nitrogen and oxygen atoms in total. The summed E-state index contributed by atoms with van der Waals surface area (Å²) in [6.45, 7) is -0.559. The molecule has 0 fully saturated rings. The minimum atomic E-state index is -0.763. The number of carbonyl (C=O) groups is 4. The second kappa shape index (κ2) is 11.5. The van der Waals surface area contributed by atoms with E-state index in [9.17, 15) is 19.2 Å². The fourth-order valence-corrected chi connectivity index (χ4v) is 5.20. The van der Waals surface area contributed by atoms with Crippen LogP contribution >= 0.6 is 11.3 Å². The molecule has 4 aromatic rings. The van der Waals surface area contributed by atoms with Crippen molar-refractivity contribution in [3.8, 4) is 11.3 Å². The van der Waals surface area contributed by atoms with Gasteiger partial charge in [0.05, 0.1) is 23.5 Å². The van der Waals surface area contributed by atoms with Gasteiger partial charge >= 0.3 is 0 Å². The highest BCUT2D eigenvalue weighted by Gasteiger charge is 2.37. The third-order valence-corrected chi connectivity index (χ3v) is 7.31. The summed E-state index contributed by atoms with van der Waals surface area (Å²) >= 11 is 1.38. The Morgan fingerprint density at radius 3 is 2.35 bits per heavy atom. The highest BCUT2D eigenvalue weighted by Crippen LogP contribution is 2.29. The molecule has 0 atom stereocenters. The average Bonchev–Trinajstić information content (AvgIpc) is 3.52. The number of anilines is 3. The monoisotopic (exact) mass is 553 g/mol. The van der Waals surface area contributed by atoms with E-state index < -0.39 is 23.5 Å². The lowest BCUT2D eigenvalue weighted by Gasteiger charge is -2.24. The molecule has 40 heavy (non-hydrogen) atoms. The molecule has 0 spiro atoms. The van der Waals surface area contributed by atoms with E-state index in [1.54, 1.807) is 36.4 Å². The van der Waals surface area contributed by atoms with Crippen molar-refractivity contribution in [1.82, 2.24) is 9.88 Å². The van der Waals surface area contributed by atoms with Crippen molar-refractivity contribution in [3.05, 3.63) is 94.8 Å². The van der Waals surface area contributed by atoms with Gasteiger partial charge in [0.1, 0.15) is 18.1 Å². The average molecular weight is 554 g/mol. The highest BCUT2D eigenvalue weighted by atomic mass is 32.1. The van der Waals surface area contributed by atoms with Gasteiger partial charge in [-0.05, 0) is 36.4 Å². The summed E-state index contributed by atoms with van der Waals surface area (Å²) in [6.07, 6.45) is 0. The summed E-state index contributed by atoms with van der Waals surface area (Å²) < 4.78 is 0. The Morgan fingerprint density at radius 2 is 1.62 bits per heavy atom. The Morgan fingerprint density at radius 1 is 0.925 bits per heavy atom. The number of thiazole rings is 1. The number of nitrogens with zero attached hydrogens (tertiary/aromatic N) is 4. The quantitative estimate of drug-likeness (QED) is 0.314. The van der Waals surface area contributed by atoms with Crippen LogP contribution in [0.15, 0.2) is 84.2 Å². The Hall–Kier alpha value is -4.83. The van der Waals surface area contributed by atoms with Crippen molar-refractivity contribution in [2.75, 3.05) is 42.3 Å². The number of benzene rings is 3. The van der Waals surface area contributed by atoms with Gasteiger partial charge in [-0.3, -0.25) is 24.1 Å². The number of rotatable bonds is 9. The van der Waals surface area contributed by atoms with E-state index in [1.807, 2.05) is 66.8 Å². The third-order valence-electron chi connectivity index (χ3n) is 6.47. The predicted molar refractivity (Wildman–Crippen MR) is 155 cm³/mol. The SMILES string of the molecule is CN(C)c1ccc(NC(=O)CN(Cc2nc(-c3ccccc3)cs2)C(=O)CN2C(=O)C(=O)c3ccccc32)cc1. The highest BCUT2D eigenvalue weighted by molar-refractivity contribution is 7.09. The summed E-state index contributed by atoms with van der Waals surface area (Å²) in [5.74, 6) is -2.29. The van der Waals surface area contributed by atoms with Crippen LogP contribution in [-0.2, 0) is 20.9 Å². The van der Waals surface area contributed by atoms with Gasteiger partial charge in [-0.15, -0.1) is 11.3 Å². The molecule has 0 radical (unpaired) electrons. The van der Waals surface area contributed by atoms with Gasteiger partial charge in [0.2, 0.25) is 11.8 Å². The largest absolute Gasteiger partial charge is 0.378 e. The molecule has 1 N–H and O–H groups in total. The zero-order valence-electron chi connectivity index (χ0n) is 22.0. The van der Waals surface area contributed by atoms with Gasteiger partial charge in [-0.1, -0.05) is 42.5 Å². The molecule has 10 heteroatoms. The molecular weight excluding hydrogens is 526 g/mol. The molecule has 5 rings (SSSR count). The van der Waals surface area contributed by atoms with Crippen LogP contribution in [0.2, 0.25) is 0 Å². The van der Waals surface area contributed by atoms with Crippen LogP contribution in [0, 0.1) is 0 Å². The normalized spacial score (nSPS) is 12.3. The maximum atomic E-state index is 13.6. The zero-order valence-corrected chi connectivity index (χ0v) is 22.9. The summed E-state index contributed by atoms with van der Waals surface area (Å²) in [6, 6.07) is 23.6. The topological polar surface area (TPSA) is 103 Å². The Bertz CT molecular complexity index is 1570. The first kappa shape index (κ1) is 26.8. The molecular formula is C30H27N5O4S. The number of nitrogens with one attached hydrogen (secondary N) is 1. The minimum Gasteiger partial charge on any atom is -0.378 e. The second-order valence-electron chi connectivity index (χ2n) is 9.47. The Balaban J connectivity index is 1.35. The van der Waals surface area contributed by atoms with Crippen LogP contribution in [-0.4, -0.2) is 60.6 Å². The molecule has 1 aromatic heterocycles. The molecule has 202 valence electrons. The number of aromatic nitrogens is 1. The minimum absolute atomic E-state index is 0.0704. The molecule has 0 saturated carbocycles. The number of hydrogen-bond acceptors (Lipinski definition) is 7. The van der Waals surface area contributed by atoms with Gasteiger partial charge in [-0.2, -0.15) is 0 Å². The molecule has 1 aliphatic rings. The second-order valence-corrected chi connectivity index (χ2v) is 10.4. The molecule has 0 saturated heterocycles. The Labute approximate surface area is 235 Å². The smallest absolute Gasteiger partial charge is 0.299 e. The van der Waals surface area contributed by atoms with Gasteiger partial charge in [0.25, 0.3) is 11.7 Å². The molecule has 3 amide bonds. The van der Waals surface area contributed by atoms with Crippen LogP contribution in [0.5, 0.6) is 0 Å². The van der Waals surface area contributed by atoms with Gasteiger partial charge in [-0.25, -0.2) is 4.98 Å². The lowest BCUT2D eigenvalue weighted by atomic mass is 10.1. The summed E-state index contributed by atoms with van der Waals surface area (Å²) in [5.41, 5.74) is 3.94. The maximum Gasteiger partial charge on any atom is 0.299 e. The zero-order chi connectivity index (χ0) is 28.2. The van der Waals surface area contributed by atoms with E-state index in [1.165, 1.54) is 21.1 Å². The van der Waals surface area contributed by atoms with Crippen LogP contribution in [0.3, 0.4) is 0 Å². The number of Topliss-reactive ketones (excluding diaryl/α,β-unsaturated/α-hetero) is 1. The van der Waals surface area contributed by atoms with Crippen molar-refractivity contribution in [1.29, 1.82) is 0 Å². The van der Waals surface area contributed by atoms with Gasteiger partial charge in [0.15, 0.2) is 0 Å². The van der Waals surface area contributed by atoms with Crippen LogP contribution < -0.4 is 15.1 Å². The number of fused-ring (bicyclic) bond motifs is 1. The van der Waals surface area contributed by atoms with E-state index in [-0.39, 0.29) is 25.2 Å². The summed E-state index contributed by atoms with van der Waals surface area (Å²) in [4.78, 5) is 60.9. The van der Waals surface area contributed by atoms with Crippen molar-refractivity contribution in [2.24, 2.45) is 0 Å². The molecule has 0 aliphatic carbocycles. The van der Waals surface area contributed by atoms with Crippen molar-refractivity contribution in [3.63, 3.8) is 0 Å². The molecule has 0 unspecified atom stereocenters. The fraction of sp³-hybridized carbons (Fsp3) is 0.167. The standard InChI is InChI=1S/C30H27N5O4S/c1-33(2)22-14-12-21(13-15-22)31-26(36)16-34(17-27-32-24(19-40-27)20-8-4-3-5-9-20)28(37)18-35-25-11-7-6-10-23(25)29(38)30(35)39/h3-15,19H,16-18H2,1-2H3,(H,31,36). The van der Waals surface area contributed by atoms with E-state index in [4.69, 9.17) is 0 Å². The predicted octanol–water partition coefficient (Wildman–Crippen LogP) is 4.07. The first-order valence-corrected chi connectivity index (χ1v) is 13.5. The van der Waals surface area contributed by atoms with Crippen LogP contribution in [0.4, 0.5) is 17.1 Å². The first-order valence-electron chi connectivity index (χ1n) is 12.6. The molecule has 0 bridgehead atoms. The number of amides is 3. The third kappa shape index (κ3) is 5.76. The lowest BCUT2D eigenvalue weighted by molar-refractivity contribution is -0.134. The van der Waals surface area contributed by atoms with Crippen LogP contribution in [0.1, 0.15) is 15.4 Å². The molecule has 3 aromatic carbocycles. The summed E-state index contributed by atoms with van der Waals surface area (Å²) in [7, 11) is 3.85. The van der Waals surface area contributed by atoms with Gasteiger partial charge in [0, 0.05) is 36.4 Å². The van der Waals surface area contributed by atoms with E-state index >= 15 is 0 Å². The Kier molecular flexibility index (Phi) is 7.70. The van der Waals surface area contributed by atoms with E-state index in [0.29, 0.717) is 16.4 Å². The molecule has 1 aliphatic heterocycles. The fourth-order valence-electron chi connectivity index (χ4n) is 4.38. The van der Waals surface area contributed by atoms with E-state index in [2.05, 4.69) is 10.3 Å². The van der Waals surface area contributed by atoms with Crippen molar-refractivity contribution >= 4 is 51.9 Å². The maximum absolute atomic E-state index is 13.6. The van der Waals surface area contributed by atoms with Crippen molar-refractivity contribution < 1.29 is 19.2 Å². The first-order chi connectivity index (χ1) is 19.3. The van der Waals surface area contributed by atoms with Crippen LogP contribution in [0.25, 0.3) is 11.3 Å². The van der Waals surface area contributed by atoms with Crippen molar-refractivity contribution in [2.45, 2.75) is 6.54 Å². The van der Waals surface area contributed by atoms with E-state index in [0.717, 1.165) is 16.9 Å². The number of hydrogen-bond donors (Lipinski definition) is 1. The lowest BCUT2D eigenvalue weighted by Crippen LogP contribution is -2.45. The number of ketones is 1.